The quantitative estimate of drug-likeness (QED) is 0.404. The molecule has 174 valence electrons. The maximum atomic E-state index is 13.7. The first kappa shape index (κ1) is 22.4. The van der Waals surface area contributed by atoms with Crippen molar-refractivity contribution in [2.45, 2.75) is 25.7 Å². The van der Waals surface area contributed by atoms with E-state index in [1.165, 1.54) is 31.5 Å². The molecule has 0 saturated carbocycles. The van der Waals surface area contributed by atoms with Crippen LogP contribution in [0.2, 0.25) is 0 Å². The normalized spacial score (nSPS) is 15.8. The summed E-state index contributed by atoms with van der Waals surface area (Å²) in [7, 11) is 1.67. The van der Waals surface area contributed by atoms with Gasteiger partial charge < -0.3 is 9.47 Å². The molecule has 0 unspecified atom stereocenters. The van der Waals surface area contributed by atoms with Gasteiger partial charge in [0.15, 0.2) is 5.78 Å². The molecule has 1 aliphatic heterocycles. The van der Waals surface area contributed by atoms with E-state index in [0.717, 1.165) is 53.2 Å². The molecule has 4 heteroatoms. The van der Waals surface area contributed by atoms with Gasteiger partial charge in [0.05, 0.1) is 7.11 Å². The Morgan fingerprint density at radius 3 is 2.29 bits per heavy atom. The van der Waals surface area contributed by atoms with Crippen molar-refractivity contribution < 1.29 is 14.3 Å². The van der Waals surface area contributed by atoms with E-state index in [2.05, 4.69) is 23.1 Å². The lowest BCUT2D eigenvalue weighted by Crippen LogP contribution is -2.25. The molecular formula is C30H31NO3. The van der Waals surface area contributed by atoms with Gasteiger partial charge in [-0.3, -0.25) is 9.69 Å². The van der Waals surface area contributed by atoms with Gasteiger partial charge in [0.2, 0.25) is 0 Å². The Morgan fingerprint density at radius 1 is 0.853 bits per heavy atom. The van der Waals surface area contributed by atoms with Crippen molar-refractivity contribution in [3.05, 3.63) is 101 Å². The van der Waals surface area contributed by atoms with Crippen molar-refractivity contribution in [1.29, 1.82) is 0 Å². The lowest BCUT2D eigenvalue weighted by molar-refractivity contribution is 0.103. The highest BCUT2D eigenvalue weighted by Gasteiger charge is 2.25. The molecule has 4 nitrogen and oxygen atoms in total. The van der Waals surface area contributed by atoms with Crippen molar-refractivity contribution in [3.8, 4) is 11.5 Å². The van der Waals surface area contributed by atoms with Crippen LogP contribution in [0.1, 0.15) is 46.3 Å². The summed E-state index contributed by atoms with van der Waals surface area (Å²) in [6.07, 6.45) is 4.17. The van der Waals surface area contributed by atoms with Crippen LogP contribution in [-0.4, -0.2) is 44.0 Å². The third kappa shape index (κ3) is 4.78. The van der Waals surface area contributed by atoms with Crippen LogP contribution in [0.15, 0.2) is 78.4 Å². The molecule has 2 aliphatic rings. The van der Waals surface area contributed by atoms with Crippen molar-refractivity contribution in [2.75, 3.05) is 33.4 Å². The third-order valence-corrected chi connectivity index (χ3v) is 6.88. The molecule has 1 fully saturated rings. The fourth-order valence-electron chi connectivity index (χ4n) is 5.02. The van der Waals surface area contributed by atoms with E-state index in [9.17, 15) is 4.79 Å². The van der Waals surface area contributed by atoms with Crippen LogP contribution in [0.4, 0.5) is 0 Å². The maximum absolute atomic E-state index is 13.7. The van der Waals surface area contributed by atoms with Crippen LogP contribution in [-0.2, 0) is 6.42 Å². The number of carbonyl (C=O) groups is 1. The van der Waals surface area contributed by atoms with Gasteiger partial charge in [0.1, 0.15) is 18.1 Å². The zero-order valence-electron chi connectivity index (χ0n) is 19.8. The van der Waals surface area contributed by atoms with Crippen molar-refractivity contribution in [3.63, 3.8) is 0 Å². The van der Waals surface area contributed by atoms with Crippen LogP contribution in [0.5, 0.6) is 11.5 Å². The number of fused-ring (bicyclic) bond motifs is 1. The molecule has 1 saturated heterocycles. The molecule has 5 rings (SSSR count). The number of aryl methyl sites for hydroxylation is 1. The summed E-state index contributed by atoms with van der Waals surface area (Å²) in [6, 6.07) is 24.0. The van der Waals surface area contributed by atoms with E-state index in [1.54, 1.807) is 7.11 Å². The monoisotopic (exact) mass is 453 g/mol. The highest BCUT2D eigenvalue weighted by atomic mass is 16.5. The molecule has 0 atom stereocenters. The SMILES string of the molecule is COc1ccc(C2=C(C(=O)c3ccc(OCCN4CCCC4)cc3)CCc3ccccc32)cc1. The minimum Gasteiger partial charge on any atom is -0.497 e. The maximum Gasteiger partial charge on any atom is 0.189 e. The Morgan fingerprint density at radius 2 is 1.56 bits per heavy atom. The Bertz CT molecular complexity index is 1170. The predicted octanol–water partition coefficient (Wildman–Crippen LogP) is 5.80. The average molecular weight is 454 g/mol. The molecule has 0 bridgehead atoms. The molecule has 0 amide bonds. The Labute approximate surface area is 201 Å². The number of likely N-dealkylation sites (tertiary alicyclic amines) is 1. The summed E-state index contributed by atoms with van der Waals surface area (Å²) in [5.41, 5.74) is 6.06. The molecule has 0 radical (unpaired) electrons. The minimum atomic E-state index is 0.0870. The molecule has 0 N–H and O–H groups in total. The number of Topliss-reactive ketones (excluding diaryl/α,β-unsaturated/α-hetero) is 1. The van der Waals surface area contributed by atoms with Crippen molar-refractivity contribution in [1.82, 2.24) is 4.90 Å². The number of nitrogens with zero attached hydrogens (tertiary/aromatic N) is 1. The molecule has 0 aromatic heterocycles. The second-order valence-electron chi connectivity index (χ2n) is 8.99. The molecule has 34 heavy (non-hydrogen) atoms. The summed E-state index contributed by atoms with van der Waals surface area (Å²) in [6.45, 7) is 3.98. The summed E-state index contributed by atoms with van der Waals surface area (Å²) in [5.74, 6) is 1.71. The number of methoxy groups -OCH3 is 1. The van der Waals surface area contributed by atoms with Crippen LogP contribution < -0.4 is 9.47 Å². The number of rotatable bonds is 8. The Balaban J connectivity index is 1.40. The fourth-order valence-corrected chi connectivity index (χ4v) is 5.02. The van der Waals surface area contributed by atoms with E-state index in [1.807, 2.05) is 54.6 Å². The van der Waals surface area contributed by atoms with Crippen LogP contribution in [0.25, 0.3) is 5.57 Å². The largest absolute Gasteiger partial charge is 0.497 e. The number of ether oxygens (including phenoxy) is 2. The number of hydrogen-bond donors (Lipinski definition) is 0. The zero-order valence-corrected chi connectivity index (χ0v) is 19.8. The zero-order chi connectivity index (χ0) is 23.3. The lowest BCUT2D eigenvalue weighted by Gasteiger charge is -2.23. The molecular weight excluding hydrogens is 422 g/mol. The van der Waals surface area contributed by atoms with Gasteiger partial charge in [-0.25, -0.2) is 0 Å². The number of benzene rings is 3. The second-order valence-corrected chi connectivity index (χ2v) is 8.99. The fraction of sp³-hybridized carbons (Fsp3) is 0.300. The molecule has 3 aromatic rings. The highest BCUT2D eigenvalue weighted by molar-refractivity contribution is 6.15. The van der Waals surface area contributed by atoms with Gasteiger partial charge in [-0.2, -0.15) is 0 Å². The van der Waals surface area contributed by atoms with E-state index in [-0.39, 0.29) is 5.78 Å². The molecule has 0 spiro atoms. The second kappa shape index (κ2) is 10.3. The van der Waals surface area contributed by atoms with E-state index < -0.39 is 0 Å². The van der Waals surface area contributed by atoms with Gasteiger partial charge in [-0.05, 0) is 97.4 Å². The van der Waals surface area contributed by atoms with Crippen LogP contribution in [0, 0.1) is 0 Å². The smallest absolute Gasteiger partial charge is 0.189 e. The van der Waals surface area contributed by atoms with E-state index in [0.29, 0.717) is 12.2 Å². The average Bonchev–Trinajstić information content (AvgIpc) is 3.42. The third-order valence-electron chi connectivity index (χ3n) is 6.88. The highest BCUT2D eigenvalue weighted by Crippen LogP contribution is 2.38. The van der Waals surface area contributed by atoms with Crippen LogP contribution >= 0.6 is 0 Å². The van der Waals surface area contributed by atoms with Crippen molar-refractivity contribution in [2.24, 2.45) is 0 Å². The van der Waals surface area contributed by atoms with Crippen molar-refractivity contribution >= 4 is 11.4 Å². The molecule has 1 heterocycles. The molecule has 1 aliphatic carbocycles. The predicted molar refractivity (Wildman–Crippen MR) is 136 cm³/mol. The Hall–Kier alpha value is -3.37. The van der Waals surface area contributed by atoms with E-state index in [4.69, 9.17) is 9.47 Å². The first-order valence-electron chi connectivity index (χ1n) is 12.2. The summed E-state index contributed by atoms with van der Waals surface area (Å²) in [5, 5.41) is 0. The topological polar surface area (TPSA) is 38.8 Å². The number of hydrogen-bond acceptors (Lipinski definition) is 4. The summed E-state index contributed by atoms with van der Waals surface area (Å²) < 4.78 is 11.3. The lowest BCUT2D eigenvalue weighted by atomic mass is 9.79. The van der Waals surface area contributed by atoms with Crippen LogP contribution in [0.3, 0.4) is 0 Å². The van der Waals surface area contributed by atoms with Gasteiger partial charge in [0, 0.05) is 17.7 Å². The standard InChI is InChI=1S/C30H31NO3/c1-33-25-13-8-23(9-14-25)29-27-7-3-2-6-22(27)12-17-28(29)30(32)24-10-15-26(16-11-24)34-21-20-31-18-4-5-19-31/h2-3,6-11,13-16H,4-5,12,17-21H2,1H3. The summed E-state index contributed by atoms with van der Waals surface area (Å²) >= 11 is 0. The van der Waals surface area contributed by atoms with E-state index >= 15 is 0 Å². The molecule has 3 aromatic carbocycles. The first-order valence-corrected chi connectivity index (χ1v) is 12.2. The summed E-state index contributed by atoms with van der Waals surface area (Å²) in [4.78, 5) is 16.1. The number of allylic oxidation sites excluding steroid dienone is 1. The van der Waals surface area contributed by atoms with Gasteiger partial charge >= 0.3 is 0 Å². The Kier molecular flexibility index (Phi) is 6.77. The number of carbonyl (C=O) groups excluding carboxylic acids is 1. The number of ketones is 1. The van der Waals surface area contributed by atoms with Gasteiger partial charge in [0.25, 0.3) is 0 Å². The first-order chi connectivity index (χ1) is 16.7. The van der Waals surface area contributed by atoms with Gasteiger partial charge in [-0.15, -0.1) is 0 Å². The van der Waals surface area contributed by atoms with Gasteiger partial charge in [-0.1, -0.05) is 36.4 Å². The minimum absolute atomic E-state index is 0.0870.